The fourth-order valence-corrected chi connectivity index (χ4v) is 3.56. The highest BCUT2D eigenvalue weighted by molar-refractivity contribution is 5.81. The molecular weight excluding hydrogens is 254 g/mol. The standard InChI is InChI=1S/C16H31NO3/c1-6-20-15(18)16(17-9-10-19-5)11-13(4)7-8-14(16)12(2)3/h12-14,17H,6-11H2,1-5H3. The molecule has 3 unspecified atom stereocenters. The van der Waals surface area contributed by atoms with Crippen molar-refractivity contribution in [3.8, 4) is 0 Å². The molecule has 20 heavy (non-hydrogen) atoms. The fourth-order valence-electron chi connectivity index (χ4n) is 3.56. The average Bonchev–Trinajstić information content (AvgIpc) is 2.38. The summed E-state index contributed by atoms with van der Waals surface area (Å²) < 4.78 is 10.5. The van der Waals surface area contributed by atoms with Crippen LogP contribution < -0.4 is 5.32 Å². The third kappa shape index (κ3) is 3.95. The first-order chi connectivity index (χ1) is 9.47. The lowest BCUT2D eigenvalue weighted by Crippen LogP contribution is -2.62. The molecule has 0 aliphatic heterocycles. The minimum atomic E-state index is -0.541. The number of hydrogen-bond donors (Lipinski definition) is 1. The quantitative estimate of drug-likeness (QED) is 0.577. The second-order valence-corrected chi connectivity index (χ2v) is 6.35. The molecule has 1 saturated carbocycles. The zero-order valence-corrected chi connectivity index (χ0v) is 13.7. The van der Waals surface area contributed by atoms with E-state index < -0.39 is 5.54 Å². The van der Waals surface area contributed by atoms with Gasteiger partial charge in [0.1, 0.15) is 5.54 Å². The van der Waals surface area contributed by atoms with Crippen molar-refractivity contribution in [1.29, 1.82) is 0 Å². The van der Waals surface area contributed by atoms with Crippen molar-refractivity contribution in [3.63, 3.8) is 0 Å². The number of hydrogen-bond acceptors (Lipinski definition) is 4. The highest BCUT2D eigenvalue weighted by atomic mass is 16.5. The van der Waals surface area contributed by atoms with Crippen LogP contribution in [0.5, 0.6) is 0 Å². The minimum absolute atomic E-state index is 0.0821. The molecular formula is C16H31NO3. The van der Waals surface area contributed by atoms with E-state index in [1.54, 1.807) is 7.11 Å². The Morgan fingerprint density at radius 1 is 1.40 bits per heavy atom. The van der Waals surface area contributed by atoms with Gasteiger partial charge in [-0.3, -0.25) is 10.1 Å². The summed E-state index contributed by atoms with van der Waals surface area (Å²) in [6.07, 6.45) is 3.13. The molecule has 118 valence electrons. The SMILES string of the molecule is CCOC(=O)C1(NCCOC)CC(C)CCC1C(C)C. The smallest absolute Gasteiger partial charge is 0.326 e. The van der Waals surface area contributed by atoms with E-state index in [2.05, 4.69) is 26.1 Å². The molecule has 0 spiro atoms. The van der Waals surface area contributed by atoms with E-state index in [1.165, 1.54) is 6.42 Å². The number of carbonyl (C=O) groups excluding carboxylic acids is 1. The van der Waals surface area contributed by atoms with Crippen molar-refractivity contribution < 1.29 is 14.3 Å². The van der Waals surface area contributed by atoms with E-state index in [4.69, 9.17) is 9.47 Å². The van der Waals surface area contributed by atoms with Gasteiger partial charge in [-0.25, -0.2) is 0 Å². The molecule has 1 fully saturated rings. The number of ether oxygens (including phenoxy) is 2. The summed E-state index contributed by atoms with van der Waals surface area (Å²) in [4.78, 5) is 12.6. The number of carbonyl (C=O) groups is 1. The van der Waals surface area contributed by atoms with Gasteiger partial charge < -0.3 is 9.47 Å². The molecule has 0 bridgehead atoms. The lowest BCUT2D eigenvalue weighted by Gasteiger charge is -2.46. The van der Waals surface area contributed by atoms with Gasteiger partial charge in [0.2, 0.25) is 0 Å². The van der Waals surface area contributed by atoms with Gasteiger partial charge >= 0.3 is 5.97 Å². The summed E-state index contributed by atoms with van der Waals surface area (Å²) in [6, 6.07) is 0. The normalized spacial score (nSPS) is 30.5. The van der Waals surface area contributed by atoms with Gasteiger partial charge in [0.05, 0.1) is 13.2 Å². The maximum Gasteiger partial charge on any atom is 0.326 e. The summed E-state index contributed by atoms with van der Waals surface area (Å²) in [6.45, 7) is 10.2. The van der Waals surface area contributed by atoms with Crippen molar-refractivity contribution in [3.05, 3.63) is 0 Å². The fraction of sp³-hybridized carbons (Fsp3) is 0.938. The van der Waals surface area contributed by atoms with E-state index in [0.29, 0.717) is 37.5 Å². The van der Waals surface area contributed by atoms with E-state index in [-0.39, 0.29) is 5.97 Å². The second-order valence-electron chi connectivity index (χ2n) is 6.35. The Morgan fingerprint density at radius 2 is 2.10 bits per heavy atom. The van der Waals surface area contributed by atoms with Crippen LogP contribution in [0.25, 0.3) is 0 Å². The highest BCUT2D eigenvalue weighted by Gasteiger charge is 2.50. The van der Waals surface area contributed by atoms with Gasteiger partial charge in [-0.1, -0.05) is 27.2 Å². The van der Waals surface area contributed by atoms with Crippen LogP contribution in [-0.4, -0.2) is 38.4 Å². The highest BCUT2D eigenvalue weighted by Crippen LogP contribution is 2.41. The molecule has 1 N–H and O–H groups in total. The Morgan fingerprint density at radius 3 is 2.65 bits per heavy atom. The lowest BCUT2D eigenvalue weighted by atomic mass is 9.65. The van der Waals surface area contributed by atoms with Crippen LogP contribution in [0.3, 0.4) is 0 Å². The van der Waals surface area contributed by atoms with Gasteiger partial charge in [-0.15, -0.1) is 0 Å². The van der Waals surface area contributed by atoms with Crippen molar-refractivity contribution in [2.75, 3.05) is 26.9 Å². The van der Waals surface area contributed by atoms with E-state index in [9.17, 15) is 4.79 Å². The van der Waals surface area contributed by atoms with Gasteiger partial charge in [-0.05, 0) is 37.5 Å². The summed E-state index contributed by atoms with van der Waals surface area (Å²) in [5, 5.41) is 3.48. The molecule has 4 heteroatoms. The molecule has 1 aliphatic rings. The van der Waals surface area contributed by atoms with Crippen LogP contribution in [0.2, 0.25) is 0 Å². The lowest BCUT2D eigenvalue weighted by molar-refractivity contribution is -0.158. The predicted octanol–water partition coefficient (Wildman–Crippen LogP) is 2.62. The first kappa shape index (κ1) is 17.4. The van der Waals surface area contributed by atoms with Crippen LogP contribution in [0.15, 0.2) is 0 Å². The first-order valence-electron chi connectivity index (χ1n) is 7.89. The molecule has 4 nitrogen and oxygen atoms in total. The summed E-state index contributed by atoms with van der Waals surface area (Å²) in [7, 11) is 1.68. The molecule has 0 aromatic rings. The Hall–Kier alpha value is -0.610. The van der Waals surface area contributed by atoms with Crippen LogP contribution >= 0.6 is 0 Å². The van der Waals surface area contributed by atoms with Gasteiger partial charge in [-0.2, -0.15) is 0 Å². The maximum absolute atomic E-state index is 12.6. The Labute approximate surface area is 123 Å². The van der Waals surface area contributed by atoms with Crippen molar-refractivity contribution in [2.24, 2.45) is 17.8 Å². The Balaban J connectivity index is 2.98. The summed E-state index contributed by atoms with van der Waals surface area (Å²) in [5.41, 5.74) is -0.541. The number of esters is 1. The third-order valence-electron chi connectivity index (χ3n) is 4.46. The Kier molecular flexibility index (Phi) is 6.96. The molecule has 1 rings (SSSR count). The maximum atomic E-state index is 12.6. The molecule has 0 aromatic carbocycles. The van der Waals surface area contributed by atoms with Crippen LogP contribution in [0, 0.1) is 17.8 Å². The summed E-state index contributed by atoms with van der Waals surface area (Å²) in [5.74, 6) is 1.25. The molecule has 0 radical (unpaired) electrons. The molecule has 1 aliphatic carbocycles. The molecule has 0 amide bonds. The minimum Gasteiger partial charge on any atom is -0.465 e. The predicted molar refractivity (Wildman–Crippen MR) is 80.6 cm³/mol. The van der Waals surface area contributed by atoms with Crippen molar-refractivity contribution >= 4 is 5.97 Å². The molecule has 0 aromatic heterocycles. The van der Waals surface area contributed by atoms with E-state index >= 15 is 0 Å². The second kappa shape index (κ2) is 7.99. The Bertz CT molecular complexity index is 306. The molecule has 0 heterocycles. The monoisotopic (exact) mass is 285 g/mol. The van der Waals surface area contributed by atoms with Gasteiger partial charge in [0.25, 0.3) is 0 Å². The average molecular weight is 285 g/mol. The van der Waals surface area contributed by atoms with Gasteiger partial charge in [0.15, 0.2) is 0 Å². The van der Waals surface area contributed by atoms with Gasteiger partial charge in [0, 0.05) is 13.7 Å². The van der Waals surface area contributed by atoms with Crippen LogP contribution in [-0.2, 0) is 14.3 Å². The zero-order chi connectivity index (χ0) is 15.2. The van der Waals surface area contributed by atoms with Crippen LogP contribution in [0.4, 0.5) is 0 Å². The van der Waals surface area contributed by atoms with Crippen molar-refractivity contribution in [1.82, 2.24) is 5.32 Å². The zero-order valence-electron chi connectivity index (χ0n) is 13.7. The van der Waals surface area contributed by atoms with Crippen LogP contribution in [0.1, 0.15) is 47.0 Å². The van der Waals surface area contributed by atoms with E-state index in [0.717, 1.165) is 12.8 Å². The number of rotatable bonds is 7. The summed E-state index contributed by atoms with van der Waals surface area (Å²) >= 11 is 0. The molecule has 3 atom stereocenters. The first-order valence-corrected chi connectivity index (χ1v) is 7.89. The third-order valence-corrected chi connectivity index (χ3v) is 4.46. The largest absolute Gasteiger partial charge is 0.465 e. The van der Waals surface area contributed by atoms with E-state index in [1.807, 2.05) is 6.92 Å². The number of nitrogens with one attached hydrogen (secondary N) is 1. The number of methoxy groups -OCH3 is 1. The van der Waals surface area contributed by atoms with Crippen molar-refractivity contribution in [2.45, 2.75) is 52.5 Å². The molecule has 0 saturated heterocycles. The topological polar surface area (TPSA) is 47.6 Å².